The Balaban J connectivity index is 2.40. The third-order valence-corrected chi connectivity index (χ3v) is 4.14. The van der Waals surface area contributed by atoms with Crippen molar-refractivity contribution < 1.29 is 23.5 Å². The van der Waals surface area contributed by atoms with Crippen LogP contribution in [-0.4, -0.2) is 27.9 Å². The van der Waals surface area contributed by atoms with Crippen LogP contribution >= 0.6 is 0 Å². The summed E-state index contributed by atoms with van der Waals surface area (Å²) in [7, 11) is 0. The molecule has 0 radical (unpaired) electrons. The van der Waals surface area contributed by atoms with Crippen molar-refractivity contribution in [1.82, 2.24) is 4.90 Å². The molecule has 1 aromatic carbocycles. The van der Waals surface area contributed by atoms with Crippen molar-refractivity contribution in [2.75, 3.05) is 0 Å². The molecule has 0 saturated carbocycles. The van der Waals surface area contributed by atoms with E-state index in [0.717, 1.165) is 12.1 Å². The number of amides is 1. The Bertz CT molecular complexity index is 700. The maximum atomic E-state index is 14.1. The Morgan fingerprint density at radius 1 is 1.38 bits per heavy atom. The second-order valence-corrected chi connectivity index (χ2v) is 5.77. The Morgan fingerprint density at radius 2 is 2.08 bits per heavy atom. The molecule has 1 fully saturated rings. The number of carboxylic acid groups (broad SMARTS) is 1. The van der Waals surface area contributed by atoms with Crippen LogP contribution in [0.5, 0.6) is 0 Å². The smallest absolute Gasteiger partial charge is 0.331 e. The molecule has 0 spiro atoms. The van der Waals surface area contributed by atoms with E-state index in [9.17, 15) is 18.4 Å². The van der Waals surface area contributed by atoms with Crippen molar-refractivity contribution in [3.8, 4) is 0 Å². The highest BCUT2D eigenvalue weighted by Gasteiger charge is 2.37. The summed E-state index contributed by atoms with van der Waals surface area (Å²) in [4.78, 5) is 25.0. The number of hydrogen-bond donors (Lipinski definition) is 1. The van der Waals surface area contributed by atoms with Crippen LogP contribution in [0.3, 0.4) is 0 Å². The van der Waals surface area contributed by atoms with Crippen LogP contribution in [0.25, 0.3) is 0 Å². The molecule has 0 aliphatic carbocycles. The van der Waals surface area contributed by atoms with Gasteiger partial charge in [-0.15, -0.1) is 6.58 Å². The number of nitrogens with zero attached hydrogens (tertiary/aromatic N) is 1. The lowest BCUT2D eigenvalue weighted by Gasteiger charge is -2.29. The second-order valence-electron chi connectivity index (χ2n) is 5.77. The van der Waals surface area contributed by atoms with E-state index in [-0.39, 0.29) is 23.5 Å². The number of benzene rings is 1. The summed E-state index contributed by atoms with van der Waals surface area (Å²) in [5.41, 5.74) is 0.356. The molecule has 2 atom stereocenters. The lowest BCUT2D eigenvalue weighted by atomic mass is 10.0. The van der Waals surface area contributed by atoms with Crippen molar-refractivity contribution in [3.05, 3.63) is 59.7 Å². The summed E-state index contributed by atoms with van der Waals surface area (Å²) < 4.78 is 27.3. The van der Waals surface area contributed by atoms with Gasteiger partial charge in [-0.3, -0.25) is 4.79 Å². The third-order valence-electron chi connectivity index (χ3n) is 4.14. The van der Waals surface area contributed by atoms with Crippen molar-refractivity contribution >= 4 is 11.9 Å². The van der Waals surface area contributed by atoms with E-state index in [1.54, 1.807) is 0 Å². The maximum absolute atomic E-state index is 14.1. The fraction of sp³-hybridized carbons (Fsp3) is 0.333. The number of halogens is 2. The number of rotatable bonds is 5. The fourth-order valence-corrected chi connectivity index (χ4v) is 3.03. The maximum Gasteiger partial charge on any atom is 0.331 e. The molecule has 1 heterocycles. The van der Waals surface area contributed by atoms with Crippen molar-refractivity contribution in [1.29, 1.82) is 0 Å². The lowest BCUT2D eigenvalue weighted by Crippen LogP contribution is -2.36. The topological polar surface area (TPSA) is 57.6 Å². The number of carbonyl (C=O) groups excluding carboxylic acids is 1. The molecule has 1 aromatic rings. The van der Waals surface area contributed by atoms with Crippen LogP contribution in [0, 0.1) is 11.6 Å². The third kappa shape index (κ3) is 3.69. The normalized spacial score (nSPS) is 21.0. The van der Waals surface area contributed by atoms with Gasteiger partial charge in [0.15, 0.2) is 0 Å². The molecule has 1 aliphatic heterocycles. The van der Waals surface area contributed by atoms with Crippen molar-refractivity contribution in [2.45, 2.75) is 38.3 Å². The van der Waals surface area contributed by atoms with Gasteiger partial charge >= 0.3 is 5.97 Å². The Hall–Kier alpha value is -2.50. The molecule has 1 amide bonds. The van der Waals surface area contributed by atoms with E-state index in [4.69, 9.17) is 5.11 Å². The van der Waals surface area contributed by atoms with Crippen molar-refractivity contribution in [3.63, 3.8) is 0 Å². The zero-order chi connectivity index (χ0) is 17.9. The van der Waals surface area contributed by atoms with Gasteiger partial charge in [0.2, 0.25) is 5.91 Å². The van der Waals surface area contributed by atoms with Crippen LogP contribution in [0.2, 0.25) is 0 Å². The number of carboxylic acids is 1. The molecule has 1 saturated heterocycles. The minimum absolute atomic E-state index is 0.0653. The first-order chi connectivity index (χ1) is 11.3. The van der Waals surface area contributed by atoms with E-state index < -0.39 is 29.7 Å². The number of hydrogen-bond acceptors (Lipinski definition) is 2. The van der Waals surface area contributed by atoms with Gasteiger partial charge in [-0.2, -0.15) is 0 Å². The van der Waals surface area contributed by atoms with E-state index in [1.807, 2.05) is 0 Å². The monoisotopic (exact) mass is 335 g/mol. The summed E-state index contributed by atoms with van der Waals surface area (Å²) in [6.45, 7) is 4.98. The van der Waals surface area contributed by atoms with E-state index in [1.165, 1.54) is 30.0 Å². The fourth-order valence-electron chi connectivity index (χ4n) is 3.03. The summed E-state index contributed by atoms with van der Waals surface area (Å²) in [5, 5.41) is 9.04. The molecule has 0 unspecified atom stereocenters. The predicted octanol–water partition coefficient (Wildman–Crippen LogP) is 3.60. The number of aliphatic carboxylic acids is 1. The van der Waals surface area contributed by atoms with Crippen molar-refractivity contribution in [2.24, 2.45) is 0 Å². The molecule has 0 aromatic heterocycles. The minimum Gasteiger partial charge on any atom is -0.478 e. The molecule has 1 aliphatic rings. The van der Waals surface area contributed by atoms with Gasteiger partial charge in [0.1, 0.15) is 11.6 Å². The average Bonchev–Trinajstić information content (AvgIpc) is 2.90. The second kappa shape index (κ2) is 7.38. The highest BCUT2D eigenvalue weighted by Crippen LogP contribution is 2.38. The largest absolute Gasteiger partial charge is 0.478 e. The highest BCUT2D eigenvalue weighted by atomic mass is 19.1. The molecule has 2 rings (SSSR count). The van der Waals surface area contributed by atoms with Crippen LogP contribution < -0.4 is 0 Å². The quantitative estimate of drug-likeness (QED) is 0.661. The number of likely N-dealkylation sites (tertiary alicyclic amines) is 1. The van der Waals surface area contributed by atoms with Gasteiger partial charge in [0.05, 0.1) is 12.1 Å². The zero-order valence-corrected chi connectivity index (χ0v) is 13.3. The van der Waals surface area contributed by atoms with Gasteiger partial charge < -0.3 is 10.0 Å². The first kappa shape index (κ1) is 17.8. The van der Waals surface area contributed by atoms with E-state index >= 15 is 0 Å². The Morgan fingerprint density at radius 3 is 2.67 bits per heavy atom. The Kier molecular flexibility index (Phi) is 5.49. The molecule has 6 heteroatoms. The summed E-state index contributed by atoms with van der Waals surface area (Å²) in [5.74, 6) is -2.73. The molecule has 0 bridgehead atoms. The first-order valence-corrected chi connectivity index (χ1v) is 7.64. The summed E-state index contributed by atoms with van der Waals surface area (Å²) >= 11 is 0. The van der Waals surface area contributed by atoms with Gasteiger partial charge in [0.25, 0.3) is 0 Å². The molecule has 1 N–H and O–H groups in total. The van der Waals surface area contributed by atoms with Crippen LogP contribution in [-0.2, 0) is 9.59 Å². The molecule has 24 heavy (non-hydrogen) atoms. The molecule has 128 valence electrons. The predicted molar refractivity (Wildman–Crippen MR) is 85.2 cm³/mol. The Labute approximate surface area is 139 Å². The van der Waals surface area contributed by atoms with E-state index in [2.05, 4.69) is 6.58 Å². The molecular formula is C18H19F2NO3. The SMILES string of the molecule is C=CCC(=O)N1[C@@H](/C=C(\C)C(=O)O)CC[C@H]1c1ccc(F)cc1F. The van der Waals surface area contributed by atoms with Crippen LogP contribution in [0.4, 0.5) is 8.78 Å². The highest BCUT2D eigenvalue weighted by molar-refractivity contribution is 5.86. The zero-order valence-electron chi connectivity index (χ0n) is 13.3. The van der Waals surface area contributed by atoms with Gasteiger partial charge in [0, 0.05) is 23.6 Å². The molecule has 4 nitrogen and oxygen atoms in total. The average molecular weight is 335 g/mol. The van der Waals surface area contributed by atoms with Gasteiger partial charge in [-0.05, 0) is 25.8 Å². The first-order valence-electron chi connectivity index (χ1n) is 7.64. The lowest BCUT2D eigenvalue weighted by molar-refractivity contribution is -0.134. The van der Waals surface area contributed by atoms with E-state index in [0.29, 0.717) is 12.8 Å². The summed E-state index contributed by atoms with van der Waals surface area (Å²) in [6.07, 6.45) is 4.00. The van der Waals surface area contributed by atoms with Crippen LogP contribution in [0.15, 0.2) is 42.5 Å². The van der Waals surface area contributed by atoms with Crippen LogP contribution in [0.1, 0.15) is 37.8 Å². The summed E-state index contributed by atoms with van der Waals surface area (Å²) in [6, 6.07) is 2.28. The molecular weight excluding hydrogens is 316 g/mol. The standard InChI is InChI=1S/C18H19F2NO3/c1-3-4-17(22)21-13(9-11(2)18(23)24)6-8-16(21)14-7-5-12(19)10-15(14)20/h3,5,7,9-10,13,16H,1,4,6,8H2,2H3,(H,23,24)/b11-9+/t13-,16+/m1/s1. The minimum atomic E-state index is -1.07. The number of carbonyl (C=O) groups is 2. The van der Waals surface area contributed by atoms with Gasteiger partial charge in [-0.25, -0.2) is 13.6 Å². The van der Waals surface area contributed by atoms with Gasteiger partial charge in [-0.1, -0.05) is 18.2 Å².